The number of nitrogens with zero attached hydrogens (tertiary/aromatic N) is 4. The number of aliphatic carboxylic acids is 4. The monoisotopic (exact) mass is 861 g/mol. The zero-order chi connectivity index (χ0) is 44.0. The Kier molecular flexibility index (Phi) is 19.8. The lowest BCUT2D eigenvalue weighted by atomic mass is 9.91. The first-order valence-electron chi connectivity index (χ1n) is 17.3. The minimum atomic E-state index is -5.08. The van der Waals surface area contributed by atoms with Gasteiger partial charge in [0.05, 0.1) is 24.3 Å². The number of anilines is 1. The molecule has 2 aromatic carbocycles. The Morgan fingerprint density at radius 1 is 0.780 bits per heavy atom. The molecule has 0 radical (unpaired) electrons. The summed E-state index contributed by atoms with van der Waals surface area (Å²) in [5.74, 6) is -8.03. The van der Waals surface area contributed by atoms with Crippen LogP contribution in [0.25, 0.3) is 17.0 Å². The number of benzene rings is 2. The average molecular weight is 862 g/mol. The summed E-state index contributed by atoms with van der Waals surface area (Å²) in [6.45, 7) is 4.65. The van der Waals surface area contributed by atoms with Crippen LogP contribution in [-0.4, -0.2) is 130 Å². The number of piperidine rings is 2. The van der Waals surface area contributed by atoms with Crippen LogP contribution in [0, 0.1) is 5.92 Å². The third-order valence-electron chi connectivity index (χ3n) is 8.59. The molecule has 7 N–H and O–H groups in total. The second-order valence-electron chi connectivity index (χ2n) is 13.2. The smallest absolute Gasteiger partial charge is 0.480 e. The number of rotatable bonds is 8. The Balaban J connectivity index is 0.000000652. The van der Waals surface area contributed by atoms with Crippen molar-refractivity contribution in [1.29, 1.82) is 0 Å². The van der Waals surface area contributed by atoms with Crippen LogP contribution >= 0.6 is 0 Å². The van der Waals surface area contributed by atoms with Gasteiger partial charge in [-0.1, -0.05) is 36.4 Å². The Labute approximate surface area is 330 Å². The van der Waals surface area contributed by atoms with Gasteiger partial charge in [-0.2, -0.15) is 44.6 Å². The molecule has 1 aromatic heterocycles. The number of carboxylic acid groups (broad SMARTS) is 4. The van der Waals surface area contributed by atoms with Crippen LogP contribution in [0.5, 0.6) is 0 Å². The lowest BCUT2D eigenvalue weighted by Crippen LogP contribution is -2.36. The predicted molar refractivity (Wildman–Crippen MR) is 195 cm³/mol. The molecule has 14 nitrogen and oxygen atoms in total. The van der Waals surface area contributed by atoms with Gasteiger partial charge in [-0.3, -0.25) is 14.4 Å². The van der Waals surface area contributed by atoms with E-state index in [1.807, 2.05) is 4.90 Å². The molecule has 0 saturated carbocycles. The molecule has 59 heavy (non-hydrogen) atoms. The van der Waals surface area contributed by atoms with Gasteiger partial charge < -0.3 is 36.1 Å². The van der Waals surface area contributed by atoms with Crippen LogP contribution in [0.2, 0.25) is 0 Å². The molecule has 3 heterocycles. The maximum absolute atomic E-state index is 11.1. The lowest BCUT2D eigenvalue weighted by Gasteiger charge is -2.30. The summed E-state index contributed by atoms with van der Waals surface area (Å²) in [5.41, 5.74) is 5.97. The molecule has 0 bridgehead atoms. The van der Waals surface area contributed by atoms with Crippen LogP contribution in [0.4, 0.5) is 45.2 Å². The summed E-state index contributed by atoms with van der Waals surface area (Å²) in [4.78, 5) is 42.0. The lowest BCUT2D eigenvalue weighted by molar-refractivity contribution is -0.193. The van der Waals surface area contributed by atoms with Crippen molar-refractivity contribution in [1.82, 2.24) is 20.0 Å². The van der Waals surface area contributed by atoms with Crippen LogP contribution < -0.4 is 10.2 Å². The highest BCUT2D eigenvalue weighted by molar-refractivity contribution is 5.85. The molecular weight excluding hydrogens is 817 g/mol. The van der Waals surface area contributed by atoms with Crippen molar-refractivity contribution >= 4 is 46.5 Å². The SMILES string of the molecule is CN(C)c1ccc(Cn2nc(C3CCN(CC(=O)O)CC3)c3ccc(/C=C/C4CCNCC4)cc32)cc1.O.O=C(O)C(F)(F)F.O=C(O)C(F)(F)F.O=C(O)C(F)(F)F. The molecule has 23 heteroatoms. The number of nitrogens with one attached hydrogen (secondary N) is 1. The van der Waals surface area contributed by atoms with E-state index in [0.29, 0.717) is 11.8 Å². The number of likely N-dealkylation sites (tertiary alicyclic amines) is 1. The molecule has 0 aliphatic carbocycles. The Morgan fingerprint density at radius 2 is 1.25 bits per heavy atom. The van der Waals surface area contributed by atoms with Gasteiger partial charge in [-0.25, -0.2) is 14.4 Å². The first-order chi connectivity index (χ1) is 26.8. The molecule has 2 aliphatic rings. The van der Waals surface area contributed by atoms with Crippen LogP contribution in [-0.2, 0) is 25.7 Å². The van der Waals surface area contributed by atoms with Crippen molar-refractivity contribution in [2.24, 2.45) is 5.92 Å². The summed E-state index contributed by atoms with van der Waals surface area (Å²) >= 11 is 0. The molecule has 2 fully saturated rings. The van der Waals surface area contributed by atoms with Crippen LogP contribution in [0.15, 0.2) is 48.5 Å². The van der Waals surface area contributed by atoms with Gasteiger partial charge in [0.15, 0.2) is 0 Å². The van der Waals surface area contributed by atoms with E-state index in [0.717, 1.165) is 51.3 Å². The standard InChI is InChI=1S/C30H39N5O2.3C2HF3O2.H2O/c1-33(2)26-8-5-24(6-9-26)20-35-28-19-23(4-3-22-11-15-31-16-12-22)7-10-27(28)30(32-35)25-13-17-34(18-14-25)21-29(36)37;3*3-2(4,5)1(6)7;/h3-10,19,22,25,31H,11-18,20-21H2,1-2H3,(H,36,37);3*(H,6,7);1H2/b4-3+;;;;. The zero-order valence-corrected chi connectivity index (χ0v) is 31.5. The normalized spacial score (nSPS) is 15.4. The molecule has 3 aromatic rings. The molecule has 0 atom stereocenters. The van der Waals surface area contributed by atoms with Crippen LogP contribution in [0.3, 0.4) is 0 Å². The summed E-state index contributed by atoms with van der Waals surface area (Å²) in [6.07, 6.45) is -6.32. The van der Waals surface area contributed by atoms with E-state index in [1.54, 1.807) is 0 Å². The van der Waals surface area contributed by atoms with Crippen molar-refractivity contribution in [2.75, 3.05) is 51.7 Å². The van der Waals surface area contributed by atoms with E-state index >= 15 is 0 Å². The number of carbonyl (C=O) groups is 4. The summed E-state index contributed by atoms with van der Waals surface area (Å²) in [7, 11) is 4.12. The summed E-state index contributed by atoms with van der Waals surface area (Å²) < 4.78 is 97.4. The number of aromatic nitrogens is 2. The molecule has 2 saturated heterocycles. The number of hydrogen-bond donors (Lipinski definition) is 5. The number of allylic oxidation sites excluding steroid dienone is 1. The van der Waals surface area contributed by atoms with Gasteiger partial charge in [-0.15, -0.1) is 0 Å². The summed E-state index contributed by atoms with van der Waals surface area (Å²) in [6, 6.07) is 15.5. The molecule has 2 aliphatic heterocycles. The van der Waals surface area contributed by atoms with Crippen molar-refractivity contribution in [3.05, 3.63) is 65.4 Å². The number of carboxylic acids is 4. The third kappa shape index (κ3) is 17.9. The largest absolute Gasteiger partial charge is 0.490 e. The first-order valence-corrected chi connectivity index (χ1v) is 17.3. The average Bonchev–Trinajstić information content (AvgIpc) is 3.48. The number of alkyl halides is 9. The maximum Gasteiger partial charge on any atom is 0.490 e. The molecular formula is C36H44F9N5O9. The van der Waals surface area contributed by atoms with E-state index in [4.69, 9.17) is 39.9 Å². The minimum absolute atomic E-state index is 0. The fourth-order valence-electron chi connectivity index (χ4n) is 5.65. The van der Waals surface area contributed by atoms with Crippen LogP contribution in [0.1, 0.15) is 48.4 Å². The highest BCUT2D eigenvalue weighted by atomic mass is 19.4. The van der Waals surface area contributed by atoms with Gasteiger partial charge in [0.2, 0.25) is 0 Å². The second kappa shape index (κ2) is 22.7. The van der Waals surface area contributed by atoms with E-state index < -0.39 is 42.4 Å². The van der Waals surface area contributed by atoms with Crippen molar-refractivity contribution in [3.63, 3.8) is 0 Å². The minimum Gasteiger partial charge on any atom is -0.480 e. The number of hydrogen-bond acceptors (Lipinski definition) is 8. The molecule has 0 unspecified atom stereocenters. The van der Waals surface area contributed by atoms with E-state index in [2.05, 4.69) is 83.6 Å². The topological polar surface area (TPSA) is 217 Å². The Morgan fingerprint density at radius 3 is 1.68 bits per heavy atom. The fourth-order valence-corrected chi connectivity index (χ4v) is 5.65. The number of halogens is 9. The van der Waals surface area contributed by atoms with Gasteiger partial charge in [0.1, 0.15) is 0 Å². The van der Waals surface area contributed by atoms with Gasteiger partial charge in [0, 0.05) is 31.1 Å². The van der Waals surface area contributed by atoms with E-state index in [1.165, 1.54) is 40.6 Å². The van der Waals surface area contributed by atoms with Crippen molar-refractivity contribution in [2.45, 2.75) is 56.7 Å². The highest BCUT2D eigenvalue weighted by Crippen LogP contribution is 2.34. The zero-order valence-electron chi connectivity index (χ0n) is 31.5. The van der Waals surface area contributed by atoms with Gasteiger partial charge in [-0.05, 0) is 87.1 Å². The quantitative estimate of drug-likeness (QED) is 0.178. The van der Waals surface area contributed by atoms with Gasteiger partial charge in [0.25, 0.3) is 0 Å². The van der Waals surface area contributed by atoms with Crippen molar-refractivity contribution < 1.29 is 84.6 Å². The van der Waals surface area contributed by atoms with E-state index in [9.17, 15) is 44.3 Å². The molecule has 5 rings (SSSR count). The van der Waals surface area contributed by atoms with Crippen molar-refractivity contribution in [3.8, 4) is 0 Å². The maximum atomic E-state index is 11.1. The third-order valence-corrected chi connectivity index (χ3v) is 8.59. The van der Waals surface area contributed by atoms with E-state index in [-0.39, 0.29) is 12.0 Å². The molecule has 0 spiro atoms. The fraction of sp³-hybridized carbons (Fsp3) is 0.472. The van der Waals surface area contributed by atoms with Gasteiger partial charge >= 0.3 is 42.4 Å². The second-order valence-corrected chi connectivity index (χ2v) is 13.2. The number of fused-ring (bicyclic) bond motifs is 1. The Hall–Kier alpha value is -5.42. The summed E-state index contributed by atoms with van der Waals surface area (Å²) in [5, 5.41) is 40.4. The molecule has 330 valence electrons. The predicted octanol–water partition coefficient (Wildman–Crippen LogP) is 5.50. The highest BCUT2D eigenvalue weighted by Gasteiger charge is 2.39. The Bertz CT molecular complexity index is 1790. The first kappa shape index (κ1) is 51.6. The molecule has 0 amide bonds.